The lowest BCUT2D eigenvalue weighted by atomic mass is 10.3. The predicted molar refractivity (Wildman–Crippen MR) is 70.4 cm³/mol. The third-order valence-corrected chi connectivity index (χ3v) is 3.76. The van der Waals surface area contributed by atoms with Gasteiger partial charge in [0.2, 0.25) is 0 Å². The van der Waals surface area contributed by atoms with Crippen molar-refractivity contribution in [3.05, 3.63) is 0 Å². The topological polar surface area (TPSA) is 27.7 Å². The molecule has 0 bridgehead atoms. The van der Waals surface area contributed by atoms with Crippen LogP contribution in [0.5, 0.6) is 0 Å². The summed E-state index contributed by atoms with van der Waals surface area (Å²) in [7, 11) is 0. The summed E-state index contributed by atoms with van der Waals surface area (Å²) in [6.07, 6.45) is 2.78. The Balaban J connectivity index is 1.52. The van der Waals surface area contributed by atoms with Crippen molar-refractivity contribution in [2.24, 2.45) is 0 Å². The number of hydrogen-bond acceptors (Lipinski definition) is 4. The van der Waals surface area contributed by atoms with E-state index in [0.717, 1.165) is 39.4 Å². The predicted octanol–water partition coefficient (Wildman–Crippen LogP) is 0.393. The van der Waals surface area contributed by atoms with Gasteiger partial charge in [0.15, 0.2) is 0 Å². The highest BCUT2D eigenvalue weighted by Crippen LogP contribution is 2.05. The van der Waals surface area contributed by atoms with Crippen molar-refractivity contribution in [1.82, 2.24) is 15.1 Å². The SMILES string of the molecule is CC(CN1CCOCC1)NCCN1CCCC1. The fourth-order valence-corrected chi connectivity index (χ4v) is 2.71. The second-order valence-corrected chi connectivity index (χ2v) is 5.32. The number of nitrogens with one attached hydrogen (secondary N) is 1. The van der Waals surface area contributed by atoms with Gasteiger partial charge in [-0.05, 0) is 32.9 Å². The average Bonchev–Trinajstić information content (AvgIpc) is 2.83. The van der Waals surface area contributed by atoms with Crippen LogP contribution in [0.25, 0.3) is 0 Å². The quantitative estimate of drug-likeness (QED) is 0.728. The molecule has 4 heteroatoms. The van der Waals surface area contributed by atoms with Crippen LogP contribution in [0.3, 0.4) is 0 Å². The molecule has 0 aromatic heterocycles. The van der Waals surface area contributed by atoms with E-state index in [9.17, 15) is 0 Å². The van der Waals surface area contributed by atoms with E-state index >= 15 is 0 Å². The van der Waals surface area contributed by atoms with E-state index in [4.69, 9.17) is 4.74 Å². The summed E-state index contributed by atoms with van der Waals surface area (Å²) in [5, 5.41) is 3.63. The first-order valence-corrected chi connectivity index (χ1v) is 7.10. The molecule has 0 aliphatic carbocycles. The van der Waals surface area contributed by atoms with Crippen molar-refractivity contribution in [2.75, 3.05) is 59.0 Å². The lowest BCUT2D eigenvalue weighted by Crippen LogP contribution is -2.45. The van der Waals surface area contributed by atoms with E-state index in [1.165, 1.54) is 32.5 Å². The van der Waals surface area contributed by atoms with E-state index in [0.29, 0.717) is 6.04 Å². The number of hydrogen-bond donors (Lipinski definition) is 1. The minimum absolute atomic E-state index is 0.593. The number of morpholine rings is 1. The van der Waals surface area contributed by atoms with Crippen LogP contribution < -0.4 is 5.32 Å². The van der Waals surface area contributed by atoms with Crippen LogP contribution in [0.4, 0.5) is 0 Å². The molecule has 2 fully saturated rings. The Morgan fingerprint density at radius 1 is 1.06 bits per heavy atom. The number of rotatable bonds is 6. The standard InChI is InChI=1S/C13H27N3O/c1-13(12-16-8-10-17-11-9-16)14-4-7-15-5-2-3-6-15/h13-14H,2-12H2,1H3. The molecule has 2 aliphatic rings. The summed E-state index contributed by atoms with van der Waals surface area (Å²) in [6.45, 7) is 12.4. The molecule has 0 saturated carbocycles. The van der Waals surface area contributed by atoms with Crippen LogP contribution in [0.15, 0.2) is 0 Å². The van der Waals surface area contributed by atoms with Gasteiger partial charge in [0.1, 0.15) is 0 Å². The van der Waals surface area contributed by atoms with Gasteiger partial charge < -0.3 is 15.0 Å². The fourth-order valence-electron chi connectivity index (χ4n) is 2.71. The second-order valence-electron chi connectivity index (χ2n) is 5.32. The van der Waals surface area contributed by atoms with Gasteiger partial charge in [-0.2, -0.15) is 0 Å². The highest BCUT2D eigenvalue weighted by Gasteiger charge is 2.14. The second kappa shape index (κ2) is 7.31. The molecule has 2 saturated heterocycles. The fraction of sp³-hybridized carbons (Fsp3) is 1.00. The summed E-state index contributed by atoms with van der Waals surface area (Å²) in [5.74, 6) is 0. The molecule has 0 spiro atoms. The first kappa shape index (κ1) is 13.3. The Bertz CT molecular complexity index is 201. The van der Waals surface area contributed by atoms with Crippen molar-refractivity contribution in [3.63, 3.8) is 0 Å². The Hall–Kier alpha value is -0.160. The van der Waals surface area contributed by atoms with Crippen LogP contribution in [-0.4, -0.2) is 74.9 Å². The Morgan fingerprint density at radius 3 is 2.47 bits per heavy atom. The monoisotopic (exact) mass is 241 g/mol. The van der Waals surface area contributed by atoms with Crippen molar-refractivity contribution < 1.29 is 4.74 Å². The Morgan fingerprint density at radius 2 is 1.76 bits per heavy atom. The molecule has 17 heavy (non-hydrogen) atoms. The molecule has 2 heterocycles. The first-order valence-electron chi connectivity index (χ1n) is 7.10. The third kappa shape index (κ3) is 4.92. The third-order valence-electron chi connectivity index (χ3n) is 3.76. The average molecular weight is 241 g/mol. The van der Waals surface area contributed by atoms with E-state index in [-0.39, 0.29) is 0 Å². The maximum absolute atomic E-state index is 5.36. The largest absolute Gasteiger partial charge is 0.379 e. The smallest absolute Gasteiger partial charge is 0.0594 e. The van der Waals surface area contributed by atoms with Crippen LogP contribution >= 0.6 is 0 Å². The van der Waals surface area contributed by atoms with Crippen LogP contribution in [0, 0.1) is 0 Å². The van der Waals surface area contributed by atoms with Gasteiger partial charge in [-0.1, -0.05) is 0 Å². The zero-order chi connectivity index (χ0) is 11.9. The summed E-state index contributed by atoms with van der Waals surface area (Å²) in [4.78, 5) is 5.06. The highest BCUT2D eigenvalue weighted by molar-refractivity contribution is 4.72. The number of likely N-dealkylation sites (tertiary alicyclic amines) is 1. The summed E-state index contributed by atoms with van der Waals surface area (Å²) < 4.78 is 5.36. The normalized spacial score (nSPS) is 25.2. The van der Waals surface area contributed by atoms with E-state index in [1.807, 2.05) is 0 Å². The summed E-state index contributed by atoms with van der Waals surface area (Å²) >= 11 is 0. The molecule has 100 valence electrons. The van der Waals surface area contributed by atoms with Gasteiger partial charge >= 0.3 is 0 Å². The molecule has 2 aliphatic heterocycles. The molecule has 0 radical (unpaired) electrons. The molecule has 1 N–H and O–H groups in total. The van der Waals surface area contributed by atoms with Crippen LogP contribution in [-0.2, 0) is 4.74 Å². The maximum Gasteiger partial charge on any atom is 0.0594 e. The van der Waals surface area contributed by atoms with Crippen molar-refractivity contribution in [2.45, 2.75) is 25.8 Å². The maximum atomic E-state index is 5.36. The van der Waals surface area contributed by atoms with Gasteiger partial charge in [0.25, 0.3) is 0 Å². The molecule has 0 amide bonds. The number of ether oxygens (including phenoxy) is 1. The zero-order valence-corrected chi connectivity index (χ0v) is 11.2. The van der Waals surface area contributed by atoms with E-state index in [2.05, 4.69) is 22.0 Å². The molecule has 4 nitrogen and oxygen atoms in total. The molecule has 0 aromatic rings. The van der Waals surface area contributed by atoms with E-state index < -0.39 is 0 Å². The van der Waals surface area contributed by atoms with E-state index in [1.54, 1.807) is 0 Å². The van der Waals surface area contributed by atoms with Gasteiger partial charge in [-0.3, -0.25) is 4.90 Å². The highest BCUT2D eigenvalue weighted by atomic mass is 16.5. The van der Waals surface area contributed by atoms with Crippen molar-refractivity contribution in [1.29, 1.82) is 0 Å². The van der Waals surface area contributed by atoms with Crippen molar-refractivity contribution >= 4 is 0 Å². The van der Waals surface area contributed by atoms with Gasteiger partial charge in [0.05, 0.1) is 13.2 Å². The van der Waals surface area contributed by atoms with Gasteiger partial charge in [0, 0.05) is 38.8 Å². The Labute approximate surface area is 105 Å². The minimum atomic E-state index is 0.593. The van der Waals surface area contributed by atoms with Gasteiger partial charge in [-0.25, -0.2) is 0 Å². The molecule has 1 unspecified atom stereocenters. The van der Waals surface area contributed by atoms with Crippen LogP contribution in [0.2, 0.25) is 0 Å². The molecule has 2 rings (SSSR count). The summed E-state index contributed by atoms with van der Waals surface area (Å²) in [6, 6.07) is 0.593. The first-order chi connectivity index (χ1) is 8.34. The molecule has 1 atom stereocenters. The molecular formula is C13H27N3O. The molecular weight excluding hydrogens is 214 g/mol. The van der Waals surface area contributed by atoms with Crippen LogP contribution in [0.1, 0.15) is 19.8 Å². The zero-order valence-electron chi connectivity index (χ0n) is 11.2. The summed E-state index contributed by atoms with van der Waals surface area (Å²) in [5.41, 5.74) is 0. The minimum Gasteiger partial charge on any atom is -0.379 e. The number of nitrogens with zero attached hydrogens (tertiary/aromatic N) is 2. The van der Waals surface area contributed by atoms with Crippen molar-refractivity contribution in [3.8, 4) is 0 Å². The lowest BCUT2D eigenvalue weighted by molar-refractivity contribution is 0.0343. The Kier molecular flexibility index (Phi) is 5.71. The lowest BCUT2D eigenvalue weighted by Gasteiger charge is -2.29. The molecule has 0 aromatic carbocycles. The van der Waals surface area contributed by atoms with Gasteiger partial charge in [-0.15, -0.1) is 0 Å².